The summed E-state index contributed by atoms with van der Waals surface area (Å²) in [5, 5.41) is 0. The Bertz CT molecular complexity index is 530. The van der Waals surface area contributed by atoms with Crippen molar-refractivity contribution in [2.24, 2.45) is 11.7 Å². The van der Waals surface area contributed by atoms with Crippen molar-refractivity contribution in [1.29, 1.82) is 0 Å². The molecule has 1 unspecified atom stereocenters. The van der Waals surface area contributed by atoms with E-state index in [9.17, 15) is 0 Å². The third-order valence-electron chi connectivity index (χ3n) is 3.56. The molecule has 0 saturated carbocycles. The first-order valence-corrected chi connectivity index (χ1v) is 7.15. The molecular formula is C15H24N4. The van der Waals surface area contributed by atoms with Crippen LogP contribution in [-0.4, -0.2) is 21.1 Å². The van der Waals surface area contributed by atoms with Crippen molar-refractivity contribution in [2.45, 2.75) is 46.1 Å². The molecule has 0 amide bonds. The summed E-state index contributed by atoms with van der Waals surface area (Å²) in [5.74, 6) is 1.80. The molecule has 0 spiro atoms. The average molecular weight is 260 g/mol. The Hall–Kier alpha value is -1.42. The first-order valence-electron chi connectivity index (χ1n) is 7.15. The molecule has 2 aromatic rings. The molecule has 2 rings (SSSR count). The van der Waals surface area contributed by atoms with Crippen LogP contribution in [0.5, 0.6) is 0 Å². The number of hydrogen-bond acceptors (Lipinski definition) is 3. The van der Waals surface area contributed by atoms with Crippen LogP contribution in [0.2, 0.25) is 0 Å². The molecule has 0 radical (unpaired) electrons. The molecule has 1 atom stereocenters. The van der Waals surface area contributed by atoms with Gasteiger partial charge in [-0.2, -0.15) is 0 Å². The maximum Gasteiger partial charge on any atom is 0.160 e. The lowest BCUT2D eigenvalue weighted by atomic mass is 10.0. The molecule has 0 bridgehead atoms. The molecule has 2 heterocycles. The molecule has 19 heavy (non-hydrogen) atoms. The van der Waals surface area contributed by atoms with Gasteiger partial charge in [0.25, 0.3) is 0 Å². The van der Waals surface area contributed by atoms with Crippen molar-refractivity contribution in [1.82, 2.24) is 14.5 Å². The van der Waals surface area contributed by atoms with Crippen molar-refractivity contribution >= 4 is 11.2 Å². The van der Waals surface area contributed by atoms with Crippen molar-refractivity contribution in [3.05, 3.63) is 24.2 Å². The minimum Gasteiger partial charge on any atom is -0.330 e. The van der Waals surface area contributed by atoms with E-state index in [-0.39, 0.29) is 0 Å². The Morgan fingerprint density at radius 3 is 2.74 bits per heavy atom. The second-order valence-electron chi connectivity index (χ2n) is 5.56. The molecule has 0 saturated heterocycles. The zero-order valence-electron chi connectivity index (χ0n) is 12.1. The van der Waals surface area contributed by atoms with Crippen molar-refractivity contribution in [3.63, 3.8) is 0 Å². The number of aryl methyl sites for hydroxylation is 1. The zero-order chi connectivity index (χ0) is 13.8. The van der Waals surface area contributed by atoms with Crippen LogP contribution in [0.25, 0.3) is 11.2 Å². The number of imidazole rings is 1. The molecule has 0 fully saturated rings. The van der Waals surface area contributed by atoms with Gasteiger partial charge in [0.15, 0.2) is 5.65 Å². The van der Waals surface area contributed by atoms with Gasteiger partial charge in [0, 0.05) is 18.7 Å². The van der Waals surface area contributed by atoms with Gasteiger partial charge >= 0.3 is 0 Å². The van der Waals surface area contributed by atoms with Crippen LogP contribution in [0.3, 0.4) is 0 Å². The fraction of sp³-hybridized carbons (Fsp3) is 0.600. The van der Waals surface area contributed by atoms with E-state index in [1.807, 2.05) is 18.3 Å². The third kappa shape index (κ3) is 3.13. The topological polar surface area (TPSA) is 56.7 Å². The number of nitrogens with two attached hydrogens (primary N) is 1. The molecule has 4 nitrogen and oxygen atoms in total. The fourth-order valence-corrected chi connectivity index (χ4v) is 2.50. The maximum absolute atomic E-state index is 5.61. The smallest absolute Gasteiger partial charge is 0.160 e. The number of aromatic nitrogens is 3. The Morgan fingerprint density at radius 1 is 1.26 bits per heavy atom. The maximum atomic E-state index is 5.61. The third-order valence-corrected chi connectivity index (χ3v) is 3.56. The van der Waals surface area contributed by atoms with Gasteiger partial charge in [0.05, 0.1) is 0 Å². The summed E-state index contributed by atoms with van der Waals surface area (Å²) in [7, 11) is 0. The van der Waals surface area contributed by atoms with E-state index in [4.69, 9.17) is 10.7 Å². The summed E-state index contributed by atoms with van der Waals surface area (Å²) < 4.78 is 2.25. The van der Waals surface area contributed by atoms with E-state index >= 15 is 0 Å². The van der Waals surface area contributed by atoms with Crippen LogP contribution in [0.15, 0.2) is 18.3 Å². The van der Waals surface area contributed by atoms with E-state index in [1.54, 1.807) is 0 Å². The second-order valence-corrected chi connectivity index (χ2v) is 5.56. The Morgan fingerprint density at radius 2 is 2.05 bits per heavy atom. The highest BCUT2D eigenvalue weighted by molar-refractivity contribution is 5.71. The molecule has 4 heteroatoms. The molecule has 0 aromatic carbocycles. The van der Waals surface area contributed by atoms with Gasteiger partial charge in [-0.15, -0.1) is 0 Å². The van der Waals surface area contributed by atoms with Gasteiger partial charge in [0.1, 0.15) is 11.3 Å². The van der Waals surface area contributed by atoms with Crippen LogP contribution < -0.4 is 5.73 Å². The minimum atomic E-state index is 0.389. The average Bonchev–Trinajstić information content (AvgIpc) is 2.75. The summed E-state index contributed by atoms with van der Waals surface area (Å²) in [6.07, 6.45) is 5.05. The van der Waals surface area contributed by atoms with Crippen LogP contribution in [0.4, 0.5) is 0 Å². The number of nitrogens with zero attached hydrogens (tertiary/aromatic N) is 3. The van der Waals surface area contributed by atoms with Crippen LogP contribution >= 0.6 is 0 Å². The lowest BCUT2D eigenvalue weighted by molar-refractivity contribution is 0.479. The van der Waals surface area contributed by atoms with E-state index in [0.717, 1.165) is 42.8 Å². The molecular weight excluding hydrogens is 236 g/mol. The Labute approximate surface area is 115 Å². The van der Waals surface area contributed by atoms with Gasteiger partial charge in [-0.25, -0.2) is 9.97 Å². The molecule has 2 aromatic heterocycles. The lowest BCUT2D eigenvalue weighted by Gasteiger charge is -2.14. The molecule has 0 aliphatic carbocycles. The highest BCUT2D eigenvalue weighted by Crippen LogP contribution is 2.21. The standard InChI is InChI=1S/C15H24N4/c1-11(2)19-14(7-6-12(3)8-9-16)18-13-5-4-10-17-15(13)19/h4-5,10-12H,6-9,16H2,1-3H3. The largest absolute Gasteiger partial charge is 0.330 e. The van der Waals surface area contributed by atoms with Gasteiger partial charge in [-0.3, -0.25) is 0 Å². The van der Waals surface area contributed by atoms with Gasteiger partial charge in [0.2, 0.25) is 0 Å². The van der Waals surface area contributed by atoms with E-state index in [1.165, 1.54) is 0 Å². The van der Waals surface area contributed by atoms with E-state index in [2.05, 4.69) is 30.3 Å². The first kappa shape index (κ1) is 14.0. The number of hydrogen-bond donors (Lipinski definition) is 1. The SMILES string of the molecule is CC(CCN)CCc1nc2cccnc2n1C(C)C. The summed E-state index contributed by atoms with van der Waals surface area (Å²) >= 11 is 0. The van der Waals surface area contributed by atoms with Crippen molar-refractivity contribution < 1.29 is 0 Å². The first-order chi connectivity index (χ1) is 9.13. The predicted molar refractivity (Wildman–Crippen MR) is 79.1 cm³/mol. The van der Waals surface area contributed by atoms with Gasteiger partial charge in [-0.05, 0) is 51.3 Å². The summed E-state index contributed by atoms with van der Waals surface area (Å²) in [5.41, 5.74) is 7.60. The lowest BCUT2D eigenvalue weighted by Crippen LogP contribution is -2.10. The number of pyridine rings is 1. The number of rotatable bonds is 6. The van der Waals surface area contributed by atoms with Crippen LogP contribution in [-0.2, 0) is 6.42 Å². The fourth-order valence-electron chi connectivity index (χ4n) is 2.50. The molecule has 0 aliphatic heterocycles. The summed E-state index contributed by atoms with van der Waals surface area (Å²) in [6, 6.07) is 4.37. The summed E-state index contributed by atoms with van der Waals surface area (Å²) in [4.78, 5) is 9.20. The van der Waals surface area contributed by atoms with E-state index < -0.39 is 0 Å². The van der Waals surface area contributed by atoms with Crippen molar-refractivity contribution in [3.8, 4) is 0 Å². The predicted octanol–water partition coefficient (Wildman–Crippen LogP) is 2.93. The van der Waals surface area contributed by atoms with Crippen LogP contribution in [0.1, 0.15) is 45.5 Å². The summed E-state index contributed by atoms with van der Waals surface area (Å²) in [6.45, 7) is 7.39. The van der Waals surface area contributed by atoms with Crippen LogP contribution in [0, 0.1) is 5.92 Å². The number of fused-ring (bicyclic) bond motifs is 1. The zero-order valence-corrected chi connectivity index (χ0v) is 12.1. The molecule has 2 N–H and O–H groups in total. The van der Waals surface area contributed by atoms with E-state index in [0.29, 0.717) is 12.0 Å². The Kier molecular flexibility index (Phi) is 4.53. The highest BCUT2D eigenvalue weighted by Gasteiger charge is 2.14. The highest BCUT2D eigenvalue weighted by atomic mass is 15.1. The minimum absolute atomic E-state index is 0.389. The van der Waals surface area contributed by atoms with Crippen molar-refractivity contribution in [2.75, 3.05) is 6.54 Å². The quantitative estimate of drug-likeness (QED) is 0.868. The monoisotopic (exact) mass is 260 g/mol. The van der Waals surface area contributed by atoms with Gasteiger partial charge in [-0.1, -0.05) is 6.92 Å². The molecule has 104 valence electrons. The van der Waals surface area contributed by atoms with Gasteiger partial charge < -0.3 is 10.3 Å². The normalized spacial score (nSPS) is 13.3. The second kappa shape index (κ2) is 6.15. The molecule has 0 aliphatic rings. The Balaban J connectivity index is 2.24.